The maximum Gasteiger partial charge on any atom is 0.292 e. The summed E-state index contributed by atoms with van der Waals surface area (Å²) in [4.78, 5) is 13.3. The molecule has 114 valence electrons. The van der Waals surface area contributed by atoms with Crippen molar-refractivity contribution in [3.8, 4) is 0 Å². The number of nitro benzene ring substituents is 1. The highest BCUT2D eigenvalue weighted by atomic mass is 79.9. The molecule has 1 unspecified atom stereocenters. The van der Waals surface area contributed by atoms with E-state index in [0.29, 0.717) is 12.0 Å². The molecule has 0 amide bonds. The lowest BCUT2D eigenvalue weighted by atomic mass is 9.98. The van der Waals surface area contributed by atoms with Gasteiger partial charge in [-0.05, 0) is 56.8 Å². The van der Waals surface area contributed by atoms with Crippen LogP contribution in [0.4, 0.5) is 11.4 Å². The Labute approximate surface area is 133 Å². The van der Waals surface area contributed by atoms with E-state index in [0.717, 1.165) is 42.6 Å². The number of nitro groups is 1. The van der Waals surface area contributed by atoms with Gasteiger partial charge in [0.15, 0.2) is 0 Å². The molecule has 2 fully saturated rings. The minimum absolute atomic E-state index is 0.217. The van der Waals surface area contributed by atoms with E-state index in [1.54, 1.807) is 12.1 Å². The molecule has 1 heterocycles. The maximum atomic E-state index is 11.3. The number of piperidine rings is 1. The Kier molecular flexibility index (Phi) is 4.45. The van der Waals surface area contributed by atoms with Crippen LogP contribution in [0.15, 0.2) is 22.7 Å². The highest BCUT2D eigenvalue weighted by Gasteiger charge is 2.34. The fourth-order valence-electron chi connectivity index (χ4n) is 3.07. The van der Waals surface area contributed by atoms with Crippen molar-refractivity contribution in [1.29, 1.82) is 0 Å². The smallest absolute Gasteiger partial charge is 0.292 e. The van der Waals surface area contributed by atoms with Crippen LogP contribution in [-0.4, -0.2) is 30.6 Å². The topological polar surface area (TPSA) is 58.4 Å². The minimum Gasteiger partial charge on any atom is -0.363 e. The lowest BCUT2D eigenvalue weighted by molar-refractivity contribution is -0.384. The summed E-state index contributed by atoms with van der Waals surface area (Å²) in [5, 5.41) is 14.8. The number of nitrogens with one attached hydrogen (secondary N) is 1. The Morgan fingerprint density at radius 2 is 2.19 bits per heavy atom. The van der Waals surface area contributed by atoms with Gasteiger partial charge in [-0.15, -0.1) is 0 Å². The SMILES string of the molecule is O=[N+]([O-])c1ccc(Br)cc1N(CC1CCCNC1)C1CC1. The molecule has 0 spiro atoms. The molecule has 1 aromatic rings. The molecule has 21 heavy (non-hydrogen) atoms. The number of benzene rings is 1. The molecule has 1 atom stereocenters. The molecule has 1 aromatic carbocycles. The van der Waals surface area contributed by atoms with Gasteiger partial charge in [-0.25, -0.2) is 0 Å². The fraction of sp³-hybridized carbons (Fsp3) is 0.600. The van der Waals surface area contributed by atoms with Crippen molar-refractivity contribution < 1.29 is 4.92 Å². The van der Waals surface area contributed by atoms with Crippen molar-refractivity contribution >= 4 is 27.3 Å². The Bertz CT molecular complexity index is 528. The van der Waals surface area contributed by atoms with Crippen LogP contribution in [0.5, 0.6) is 0 Å². The van der Waals surface area contributed by atoms with Crippen molar-refractivity contribution in [3.05, 3.63) is 32.8 Å². The molecule has 1 aliphatic heterocycles. The van der Waals surface area contributed by atoms with Crippen molar-refractivity contribution in [1.82, 2.24) is 5.32 Å². The summed E-state index contributed by atoms with van der Waals surface area (Å²) >= 11 is 3.45. The number of rotatable bonds is 5. The van der Waals surface area contributed by atoms with E-state index < -0.39 is 0 Å². The van der Waals surface area contributed by atoms with Gasteiger partial charge in [-0.3, -0.25) is 10.1 Å². The van der Waals surface area contributed by atoms with Crippen LogP contribution >= 0.6 is 15.9 Å². The molecule has 5 nitrogen and oxygen atoms in total. The second kappa shape index (κ2) is 6.32. The van der Waals surface area contributed by atoms with Crippen LogP contribution < -0.4 is 10.2 Å². The number of hydrogen-bond donors (Lipinski definition) is 1. The van der Waals surface area contributed by atoms with E-state index in [-0.39, 0.29) is 10.6 Å². The van der Waals surface area contributed by atoms with E-state index >= 15 is 0 Å². The Morgan fingerprint density at radius 1 is 1.38 bits per heavy atom. The van der Waals surface area contributed by atoms with E-state index in [9.17, 15) is 10.1 Å². The summed E-state index contributed by atoms with van der Waals surface area (Å²) in [6.45, 7) is 3.02. The zero-order valence-corrected chi connectivity index (χ0v) is 13.5. The normalized spacial score (nSPS) is 22.0. The first-order chi connectivity index (χ1) is 10.1. The van der Waals surface area contributed by atoms with Gasteiger partial charge in [-0.1, -0.05) is 15.9 Å². The lowest BCUT2D eigenvalue weighted by Gasteiger charge is -2.31. The van der Waals surface area contributed by atoms with Gasteiger partial charge < -0.3 is 10.2 Å². The van der Waals surface area contributed by atoms with Crippen LogP contribution in [0.2, 0.25) is 0 Å². The standard InChI is InChI=1S/C15H20BrN3O2/c16-12-3-6-14(19(20)21)15(8-12)18(13-4-5-13)10-11-2-1-7-17-9-11/h3,6,8,11,13,17H,1-2,4-5,7,9-10H2. The lowest BCUT2D eigenvalue weighted by Crippen LogP contribution is -2.39. The second-order valence-corrected chi connectivity index (χ2v) is 6.90. The van der Waals surface area contributed by atoms with E-state index in [2.05, 4.69) is 26.1 Å². The van der Waals surface area contributed by atoms with Crippen LogP contribution in [0.3, 0.4) is 0 Å². The molecular formula is C15H20BrN3O2. The Morgan fingerprint density at radius 3 is 2.81 bits per heavy atom. The summed E-state index contributed by atoms with van der Waals surface area (Å²) < 4.78 is 0.899. The summed E-state index contributed by atoms with van der Waals surface area (Å²) in [6, 6.07) is 5.72. The van der Waals surface area contributed by atoms with Gasteiger partial charge in [0.2, 0.25) is 0 Å². The third-order valence-electron chi connectivity index (χ3n) is 4.29. The van der Waals surface area contributed by atoms with Gasteiger partial charge in [-0.2, -0.15) is 0 Å². The summed E-state index contributed by atoms with van der Waals surface area (Å²) in [6.07, 6.45) is 4.69. The molecule has 1 saturated heterocycles. The Balaban J connectivity index is 1.86. The molecule has 1 N–H and O–H groups in total. The molecule has 2 aliphatic rings. The van der Waals surface area contributed by atoms with Gasteiger partial charge in [0.25, 0.3) is 5.69 Å². The first kappa shape index (κ1) is 14.8. The van der Waals surface area contributed by atoms with Gasteiger partial charge in [0.05, 0.1) is 4.92 Å². The number of anilines is 1. The average Bonchev–Trinajstić information content (AvgIpc) is 3.30. The zero-order chi connectivity index (χ0) is 14.8. The Hall–Kier alpha value is -1.14. The quantitative estimate of drug-likeness (QED) is 0.651. The van der Waals surface area contributed by atoms with Gasteiger partial charge >= 0.3 is 0 Å². The largest absolute Gasteiger partial charge is 0.363 e. The molecule has 1 saturated carbocycles. The zero-order valence-electron chi connectivity index (χ0n) is 11.9. The van der Waals surface area contributed by atoms with Crippen LogP contribution in [0, 0.1) is 16.0 Å². The number of hydrogen-bond acceptors (Lipinski definition) is 4. The third kappa shape index (κ3) is 3.55. The molecule has 0 radical (unpaired) electrons. The molecule has 6 heteroatoms. The van der Waals surface area contributed by atoms with E-state index in [1.165, 1.54) is 12.8 Å². The van der Waals surface area contributed by atoms with Crippen LogP contribution in [0.25, 0.3) is 0 Å². The number of halogens is 1. The van der Waals surface area contributed by atoms with Crippen molar-refractivity contribution in [2.45, 2.75) is 31.7 Å². The predicted molar refractivity (Wildman–Crippen MR) is 86.8 cm³/mol. The molecular weight excluding hydrogens is 334 g/mol. The average molecular weight is 354 g/mol. The molecule has 0 aromatic heterocycles. The minimum atomic E-state index is -0.268. The van der Waals surface area contributed by atoms with Crippen molar-refractivity contribution in [2.75, 3.05) is 24.5 Å². The maximum absolute atomic E-state index is 11.3. The van der Waals surface area contributed by atoms with Gasteiger partial charge in [0, 0.05) is 23.1 Å². The summed E-state index contributed by atoms with van der Waals surface area (Å²) in [5.41, 5.74) is 0.983. The first-order valence-corrected chi connectivity index (χ1v) is 8.36. The van der Waals surface area contributed by atoms with Gasteiger partial charge in [0.1, 0.15) is 5.69 Å². The third-order valence-corrected chi connectivity index (χ3v) is 4.78. The van der Waals surface area contributed by atoms with Crippen LogP contribution in [0.1, 0.15) is 25.7 Å². The monoisotopic (exact) mass is 353 g/mol. The summed E-state index contributed by atoms with van der Waals surface area (Å²) in [5.74, 6) is 0.581. The highest BCUT2D eigenvalue weighted by molar-refractivity contribution is 9.10. The molecule has 3 rings (SSSR count). The molecule has 1 aliphatic carbocycles. The highest BCUT2D eigenvalue weighted by Crippen LogP contribution is 2.39. The summed E-state index contributed by atoms with van der Waals surface area (Å²) in [7, 11) is 0. The van der Waals surface area contributed by atoms with E-state index in [4.69, 9.17) is 0 Å². The fourth-order valence-corrected chi connectivity index (χ4v) is 3.42. The predicted octanol–water partition coefficient (Wildman–Crippen LogP) is 3.33. The van der Waals surface area contributed by atoms with Crippen molar-refractivity contribution in [2.24, 2.45) is 5.92 Å². The van der Waals surface area contributed by atoms with E-state index in [1.807, 2.05) is 6.07 Å². The van der Waals surface area contributed by atoms with Crippen molar-refractivity contribution in [3.63, 3.8) is 0 Å². The first-order valence-electron chi connectivity index (χ1n) is 7.56. The van der Waals surface area contributed by atoms with Crippen LogP contribution in [-0.2, 0) is 0 Å². The second-order valence-electron chi connectivity index (χ2n) is 5.99. The molecule has 0 bridgehead atoms. The number of nitrogens with zero attached hydrogens (tertiary/aromatic N) is 2.